The maximum Gasteiger partial charge on any atom is 0.329 e. The molecule has 0 aliphatic carbocycles. The van der Waals surface area contributed by atoms with Crippen LogP contribution in [0.1, 0.15) is 15.9 Å². The number of aromatic amines is 1. The molecule has 1 fully saturated rings. The third-order valence-electron chi connectivity index (χ3n) is 6.66. The molecule has 1 amide bonds. The molecule has 5 aromatic rings. The Bertz CT molecular complexity index is 1750. The van der Waals surface area contributed by atoms with Crippen molar-refractivity contribution in [2.45, 2.75) is 6.54 Å². The average Bonchev–Trinajstić information content (AvgIpc) is 3.32. The summed E-state index contributed by atoms with van der Waals surface area (Å²) in [6.45, 7) is 2.18. The number of nitrogens with zero attached hydrogens (tertiary/aromatic N) is 4. The SMILES string of the molecule is O=C(c1cc(Cn2c(=O)[nH]c(=O)c3c4ccccc4sc32)ccc1F)N1CCN(c2ccccn2)CC1. The predicted molar refractivity (Wildman–Crippen MR) is 142 cm³/mol. The second kappa shape index (κ2) is 9.29. The fraction of sp³-hybridized carbons (Fsp3) is 0.185. The van der Waals surface area contributed by atoms with Crippen molar-refractivity contribution in [3.05, 3.63) is 105 Å². The van der Waals surface area contributed by atoms with E-state index < -0.39 is 17.1 Å². The Kier molecular flexibility index (Phi) is 5.80. The summed E-state index contributed by atoms with van der Waals surface area (Å²) < 4.78 is 17.2. The molecule has 2 aromatic carbocycles. The minimum Gasteiger partial charge on any atom is -0.353 e. The van der Waals surface area contributed by atoms with Crippen LogP contribution in [0.15, 0.2) is 76.4 Å². The van der Waals surface area contributed by atoms with Gasteiger partial charge >= 0.3 is 5.69 Å². The first-order chi connectivity index (χ1) is 18.0. The van der Waals surface area contributed by atoms with Gasteiger partial charge in [-0.15, -0.1) is 11.3 Å². The number of amides is 1. The van der Waals surface area contributed by atoms with Crippen molar-refractivity contribution in [1.82, 2.24) is 19.4 Å². The number of halogens is 1. The summed E-state index contributed by atoms with van der Waals surface area (Å²) in [5.41, 5.74) is -0.431. The van der Waals surface area contributed by atoms with Crippen LogP contribution < -0.4 is 16.1 Å². The molecule has 0 spiro atoms. The Labute approximate surface area is 214 Å². The molecule has 6 rings (SSSR count). The molecule has 0 atom stereocenters. The van der Waals surface area contributed by atoms with Crippen LogP contribution in [-0.4, -0.2) is 51.5 Å². The van der Waals surface area contributed by atoms with Crippen molar-refractivity contribution in [2.24, 2.45) is 0 Å². The third-order valence-corrected chi connectivity index (χ3v) is 7.85. The molecule has 1 aliphatic rings. The van der Waals surface area contributed by atoms with Crippen molar-refractivity contribution in [1.29, 1.82) is 0 Å². The summed E-state index contributed by atoms with van der Waals surface area (Å²) in [5.74, 6) is -0.149. The lowest BCUT2D eigenvalue weighted by Gasteiger charge is -2.35. The standard InChI is InChI=1S/C27H22FN5O3S/c28-20-9-8-17(15-19(20)25(35)32-13-11-31(12-14-32)22-7-3-4-10-29-22)16-33-26-23(24(34)30-27(33)36)18-5-1-2-6-21(18)37-26/h1-10,15H,11-14,16H2,(H,30,34,36). The van der Waals surface area contributed by atoms with Crippen LogP contribution in [0, 0.1) is 5.82 Å². The molecule has 4 heterocycles. The van der Waals surface area contributed by atoms with Crippen LogP contribution in [0.4, 0.5) is 10.2 Å². The van der Waals surface area contributed by atoms with Gasteiger partial charge in [0, 0.05) is 42.5 Å². The summed E-state index contributed by atoms with van der Waals surface area (Å²) in [7, 11) is 0. The average molecular weight is 516 g/mol. The first-order valence-electron chi connectivity index (χ1n) is 11.9. The van der Waals surface area contributed by atoms with E-state index in [2.05, 4.69) is 14.9 Å². The number of H-pyrrole nitrogens is 1. The Morgan fingerprint density at radius 1 is 1.00 bits per heavy atom. The molecule has 0 saturated carbocycles. The number of thiophene rings is 1. The fourth-order valence-electron chi connectivity index (χ4n) is 4.77. The first kappa shape index (κ1) is 23.1. The molecule has 186 valence electrons. The Morgan fingerprint density at radius 3 is 2.57 bits per heavy atom. The number of carbonyl (C=O) groups is 1. The number of aromatic nitrogens is 3. The lowest BCUT2D eigenvalue weighted by atomic mass is 10.1. The van der Waals surface area contributed by atoms with Gasteiger partial charge in [0.05, 0.1) is 17.5 Å². The fourth-order valence-corrected chi connectivity index (χ4v) is 5.97. The van der Waals surface area contributed by atoms with E-state index in [1.165, 1.54) is 28.0 Å². The van der Waals surface area contributed by atoms with Crippen molar-refractivity contribution in [3.8, 4) is 0 Å². The smallest absolute Gasteiger partial charge is 0.329 e. The molecule has 0 bridgehead atoms. The minimum atomic E-state index is -0.610. The van der Waals surface area contributed by atoms with Crippen molar-refractivity contribution >= 4 is 43.4 Å². The highest BCUT2D eigenvalue weighted by Gasteiger charge is 2.25. The molecule has 0 unspecified atom stereocenters. The van der Waals surface area contributed by atoms with Gasteiger partial charge in [0.15, 0.2) is 0 Å². The molecule has 1 saturated heterocycles. The van der Waals surface area contributed by atoms with Gasteiger partial charge in [0.25, 0.3) is 11.5 Å². The first-order valence-corrected chi connectivity index (χ1v) is 12.7. The quantitative estimate of drug-likeness (QED) is 0.396. The number of hydrogen-bond donors (Lipinski definition) is 1. The van der Waals surface area contributed by atoms with E-state index in [1.807, 2.05) is 42.5 Å². The molecule has 1 N–H and O–H groups in total. The summed E-state index contributed by atoms with van der Waals surface area (Å²) in [6.07, 6.45) is 1.73. The van der Waals surface area contributed by atoms with E-state index in [0.717, 1.165) is 15.9 Å². The maximum absolute atomic E-state index is 14.8. The highest BCUT2D eigenvalue weighted by Crippen LogP contribution is 2.31. The summed E-state index contributed by atoms with van der Waals surface area (Å²) in [6, 6.07) is 17.5. The molecule has 0 radical (unpaired) electrons. The summed E-state index contributed by atoms with van der Waals surface area (Å²) in [5, 5.41) is 1.22. The van der Waals surface area contributed by atoms with E-state index >= 15 is 0 Å². The van der Waals surface area contributed by atoms with Crippen LogP contribution >= 0.6 is 11.3 Å². The minimum absolute atomic E-state index is 0.0335. The molecule has 3 aromatic heterocycles. The van der Waals surface area contributed by atoms with E-state index in [-0.39, 0.29) is 18.0 Å². The van der Waals surface area contributed by atoms with E-state index in [9.17, 15) is 18.8 Å². The van der Waals surface area contributed by atoms with Gasteiger partial charge in [-0.2, -0.15) is 0 Å². The van der Waals surface area contributed by atoms with Crippen LogP contribution in [0.5, 0.6) is 0 Å². The lowest BCUT2D eigenvalue weighted by Crippen LogP contribution is -2.49. The molecule has 10 heteroatoms. The Morgan fingerprint density at radius 2 is 1.78 bits per heavy atom. The number of benzene rings is 2. The van der Waals surface area contributed by atoms with Gasteiger partial charge in [-0.25, -0.2) is 14.2 Å². The number of anilines is 1. The molecular weight excluding hydrogens is 493 g/mol. The van der Waals surface area contributed by atoms with Crippen LogP contribution in [0.25, 0.3) is 20.3 Å². The Balaban J connectivity index is 1.28. The number of piperazine rings is 1. The monoisotopic (exact) mass is 515 g/mol. The largest absolute Gasteiger partial charge is 0.353 e. The van der Waals surface area contributed by atoms with Crippen molar-refractivity contribution in [2.75, 3.05) is 31.1 Å². The summed E-state index contributed by atoms with van der Waals surface area (Å²) in [4.78, 5) is 49.6. The molecule has 8 nitrogen and oxygen atoms in total. The van der Waals surface area contributed by atoms with Crippen LogP contribution in [0.2, 0.25) is 0 Å². The number of hydrogen-bond acceptors (Lipinski definition) is 6. The van der Waals surface area contributed by atoms with E-state index in [1.54, 1.807) is 17.2 Å². The second-order valence-corrected chi connectivity index (χ2v) is 9.94. The van der Waals surface area contributed by atoms with Gasteiger partial charge in [0.1, 0.15) is 16.5 Å². The van der Waals surface area contributed by atoms with Crippen LogP contribution in [0.3, 0.4) is 0 Å². The van der Waals surface area contributed by atoms with Gasteiger partial charge in [-0.3, -0.25) is 19.1 Å². The molecule has 37 heavy (non-hydrogen) atoms. The number of fused-ring (bicyclic) bond motifs is 3. The second-order valence-electron chi connectivity index (χ2n) is 8.91. The highest BCUT2D eigenvalue weighted by atomic mass is 32.1. The zero-order chi connectivity index (χ0) is 25.5. The van der Waals surface area contributed by atoms with Crippen molar-refractivity contribution < 1.29 is 9.18 Å². The van der Waals surface area contributed by atoms with E-state index in [0.29, 0.717) is 42.0 Å². The van der Waals surface area contributed by atoms with Crippen molar-refractivity contribution in [3.63, 3.8) is 0 Å². The lowest BCUT2D eigenvalue weighted by molar-refractivity contribution is 0.0741. The predicted octanol–water partition coefficient (Wildman–Crippen LogP) is 3.45. The molecular formula is C27H22FN5O3S. The van der Waals surface area contributed by atoms with E-state index in [4.69, 9.17) is 0 Å². The zero-order valence-electron chi connectivity index (χ0n) is 19.7. The number of pyridine rings is 1. The number of rotatable bonds is 4. The third kappa shape index (κ3) is 4.19. The number of carbonyl (C=O) groups excluding carboxylic acids is 1. The highest BCUT2D eigenvalue weighted by molar-refractivity contribution is 7.25. The maximum atomic E-state index is 14.8. The number of nitrogens with one attached hydrogen (secondary N) is 1. The van der Waals surface area contributed by atoms with Crippen LogP contribution in [-0.2, 0) is 6.54 Å². The summed E-state index contributed by atoms with van der Waals surface area (Å²) >= 11 is 1.35. The normalized spacial score (nSPS) is 14.0. The molecule has 1 aliphatic heterocycles. The van der Waals surface area contributed by atoms with Gasteiger partial charge in [-0.05, 0) is 35.9 Å². The van der Waals surface area contributed by atoms with Gasteiger partial charge in [-0.1, -0.05) is 30.3 Å². The Hall–Kier alpha value is -4.31. The zero-order valence-corrected chi connectivity index (χ0v) is 20.5. The van der Waals surface area contributed by atoms with Gasteiger partial charge in [0.2, 0.25) is 0 Å². The van der Waals surface area contributed by atoms with Gasteiger partial charge < -0.3 is 9.80 Å². The topological polar surface area (TPSA) is 91.3 Å².